The van der Waals surface area contributed by atoms with Gasteiger partial charge in [-0.15, -0.1) is 12.1 Å². The van der Waals surface area contributed by atoms with Crippen LogP contribution in [0.5, 0.6) is 0 Å². The SMILES string of the molecule is C[Si](C)(C)c1ccnc(-c2[c-]cc(F)cc2F)c1.FC(F)(F)c1n[n-]c(-c2ccccn2)n1.[Ir]. The van der Waals surface area contributed by atoms with Crippen molar-refractivity contribution in [3.05, 3.63) is 78.4 Å². The van der Waals surface area contributed by atoms with Gasteiger partial charge in [0.15, 0.2) is 0 Å². The van der Waals surface area contributed by atoms with E-state index in [1.165, 1.54) is 17.4 Å². The molecular formula is C22H18F5IrN5Si-2. The van der Waals surface area contributed by atoms with Gasteiger partial charge in [-0.3, -0.25) is 18.9 Å². The zero-order chi connectivity index (χ0) is 24.2. The van der Waals surface area contributed by atoms with Crippen LogP contribution in [0.3, 0.4) is 0 Å². The second-order valence-electron chi connectivity index (χ2n) is 7.89. The van der Waals surface area contributed by atoms with Gasteiger partial charge in [0, 0.05) is 44.1 Å². The Morgan fingerprint density at radius 3 is 2.21 bits per heavy atom. The summed E-state index contributed by atoms with van der Waals surface area (Å²) in [6.45, 7) is 6.62. The van der Waals surface area contributed by atoms with E-state index in [4.69, 9.17) is 0 Å². The Hall–Kier alpha value is -2.82. The second kappa shape index (κ2) is 11.1. The molecule has 12 heteroatoms. The van der Waals surface area contributed by atoms with Crippen LogP contribution in [0.4, 0.5) is 22.0 Å². The molecule has 0 fully saturated rings. The van der Waals surface area contributed by atoms with E-state index in [1.54, 1.807) is 18.3 Å². The van der Waals surface area contributed by atoms with Gasteiger partial charge in [-0.1, -0.05) is 48.6 Å². The fourth-order valence-corrected chi connectivity index (χ4v) is 3.78. The molecule has 3 heterocycles. The van der Waals surface area contributed by atoms with E-state index >= 15 is 0 Å². The first-order valence-electron chi connectivity index (χ1n) is 9.65. The van der Waals surface area contributed by atoms with Crippen LogP contribution in [0.25, 0.3) is 22.8 Å². The zero-order valence-corrected chi connectivity index (χ0v) is 21.6. The van der Waals surface area contributed by atoms with E-state index in [2.05, 4.69) is 50.9 Å². The molecule has 1 radical (unpaired) electrons. The molecule has 0 unspecified atom stereocenters. The zero-order valence-electron chi connectivity index (χ0n) is 18.2. The minimum Gasteiger partial charge on any atom is -0.413 e. The first kappa shape index (κ1) is 27.4. The van der Waals surface area contributed by atoms with Crippen molar-refractivity contribution in [1.82, 2.24) is 25.1 Å². The van der Waals surface area contributed by atoms with Gasteiger partial charge in [-0.2, -0.15) is 13.2 Å². The predicted octanol–water partition coefficient (Wildman–Crippen LogP) is 4.88. The van der Waals surface area contributed by atoms with Crippen molar-refractivity contribution in [2.24, 2.45) is 0 Å². The van der Waals surface area contributed by atoms with Gasteiger partial charge < -0.3 is 15.1 Å². The summed E-state index contributed by atoms with van der Waals surface area (Å²) in [6, 6.07) is 13.2. The Morgan fingerprint density at radius 1 is 0.941 bits per heavy atom. The Labute approximate surface area is 207 Å². The molecule has 34 heavy (non-hydrogen) atoms. The van der Waals surface area contributed by atoms with Crippen LogP contribution < -0.4 is 10.3 Å². The third-order valence-corrected chi connectivity index (χ3v) is 6.38. The van der Waals surface area contributed by atoms with Crippen molar-refractivity contribution >= 4 is 13.3 Å². The summed E-state index contributed by atoms with van der Waals surface area (Å²) in [6.07, 6.45) is -1.46. The van der Waals surface area contributed by atoms with Crippen LogP contribution in [0.15, 0.2) is 54.9 Å². The largest absolute Gasteiger partial charge is 0.429 e. The van der Waals surface area contributed by atoms with Gasteiger partial charge in [0.1, 0.15) is 5.82 Å². The molecule has 181 valence electrons. The quantitative estimate of drug-likeness (QED) is 0.177. The monoisotopic (exact) mass is 668 g/mol. The van der Waals surface area contributed by atoms with Gasteiger partial charge in [-0.05, 0) is 29.7 Å². The molecule has 4 rings (SSSR count). The number of pyridine rings is 2. The van der Waals surface area contributed by atoms with Crippen molar-refractivity contribution in [2.45, 2.75) is 25.8 Å². The smallest absolute Gasteiger partial charge is 0.413 e. The molecular weight excluding hydrogens is 650 g/mol. The molecule has 0 aliphatic heterocycles. The topological polar surface area (TPSA) is 65.7 Å². The molecule has 0 saturated heterocycles. The molecule has 5 nitrogen and oxygen atoms in total. The number of hydrogen-bond donors (Lipinski definition) is 0. The third-order valence-electron chi connectivity index (χ3n) is 4.34. The van der Waals surface area contributed by atoms with E-state index in [-0.39, 0.29) is 37.2 Å². The Kier molecular flexibility index (Phi) is 8.93. The van der Waals surface area contributed by atoms with Crippen molar-refractivity contribution in [2.75, 3.05) is 0 Å². The fourth-order valence-electron chi connectivity index (χ4n) is 2.64. The Balaban J connectivity index is 0.000000237. The Bertz CT molecular complexity index is 1230. The van der Waals surface area contributed by atoms with Gasteiger partial charge >= 0.3 is 6.18 Å². The summed E-state index contributed by atoms with van der Waals surface area (Å²) in [5.41, 5.74) is 0.990. The number of benzene rings is 1. The third kappa shape index (κ3) is 7.09. The molecule has 0 spiro atoms. The van der Waals surface area contributed by atoms with E-state index in [9.17, 15) is 22.0 Å². The molecule has 1 aromatic carbocycles. The summed E-state index contributed by atoms with van der Waals surface area (Å²) >= 11 is 0. The molecule has 3 aromatic heterocycles. The van der Waals surface area contributed by atoms with Crippen LogP contribution in [-0.2, 0) is 26.3 Å². The van der Waals surface area contributed by atoms with Crippen LogP contribution in [0, 0.1) is 17.7 Å². The number of rotatable bonds is 3. The van der Waals surface area contributed by atoms with Crippen LogP contribution in [0.1, 0.15) is 5.82 Å². The molecule has 0 bridgehead atoms. The maximum absolute atomic E-state index is 13.7. The van der Waals surface area contributed by atoms with Crippen LogP contribution in [-0.4, -0.2) is 28.1 Å². The first-order chi connectivity index (χ1) is 15.4. The van der Waals surface area contributed by atoms with E-state index < -0.39 is 31.7 Å². The average Bonchev–Trinajstić information content (AvgIpc) is 3.25. The van der Waals surface area contributed by atoms with Gasteiger partial charge in [0.05, 0.1) is 13.8 Å². The minimum absolute atomic E-state index is 0. The van der Waals surface area contributed by atoms with E-state index in [0.717, 1.165) is 12.1 Å². The van der Waals surface area contributed by atoms with Crippen LogP contribution >= 0.6 is 0 Å². The molecule has 0 amide bonds. The first-order valence-corrected chi connectivity index (χ1v) is 13.1. The Morgan fingerprint density at radius 2 is 1.65 bits per heavy atom. The molecule has 0 aliphatic carbocycles. The van der Waals surface area contributed by atoms with E-state index in [0.29, 0.717) is 5.69 Å². The molecule has 0 aliphatic rings. The standard InChI is InChI=1S/C14H14F2NSi.C8H4F3N4.Ir/c1-18(2,3)11-6-7-17-14(9-11)12-5-4-10(15)8-13(12)16;9-8(10,11)7-13-6(14-15-7)5-3-1-2-4-12-5;/h4,6-9H,1-3H3;1-4H;/q2*-1;. The average molecular weight is 668 g/mol. The van der Waals surface area contributed by atoms with Crippen molar-refractivity contribution < 1.29 is 42.1 Å². The summed E-state index contributed by atoms with van der Waals surface area (Å²) in [7, 11) is -1.48. The number of aromatic nitrogens is 5. The molecule has 4 aromatic rings. The van der Waals surface area contributed by atoms with Crippen molar-refractivity contribution in [3.8, 4) is 22.8 Å². The second-order valence-corrected chi connectivity index (χ2v) is 13.0. The number of alkyl halides is 3. The fraction of sp³-hybridized carbons (Fsp3) is 0.182. The van der Waals surface area contributed by atoms with Crippen molar-refractivity contribution in [1.29, 1.82) is 0 Å². The summed E-state index contributed by atoms with van der Waals surface area (Å²) in [5.74, 6) is -2.63. The van der Waals surface area contributed by atoms with E-state index in [1.807, 2.05) is 12.1 Å². The van der Waals surface area contributed by atoms with Gasteiger partial charge in [0.2, 0.25) is 0 Å². The minimum atomic E-state index is -4.57. The predicted molar refractivity (Wildman–Crippen MR) is 115 cm³/mol. The number of halogens is 5. The summed E-state index contributed by atoms with van der Waals surface area (Å²) in [4.78, 5) is 11.2. The van der Waals surface area contributed by atoms with Gasteiger partial charge in [0.25, 0.3) is 0 Å². The number of hydrogen-bond acceptors (Lipinski definition) is 4. The van der Waals surface area contributed by atoms with Crippen LogP contribution in [0.2, 0.25) is 19.6 Å². The van der Waals surface area contributed by atoms with Gasteiger partial charge in [-0.25, -0.2) is 0 Å². The maximum Gasteiger partial charge on any atom is 0.429 e. The summed E-state index contributed by atoms with van der Waals surface area (Å²) in [5, 5.41) is 7.43. The maximum atomic E-state index is 13.7. The molecule has 0 saturated carbocycles. The molecule has 0 atom stereocenters. The summed E-state index contributed by atoms with van der Waals surface area (Å²) < 4.78 is 62.9. The normalized spacial score (nSPS) is 11.3. The van der Waals surface area contributed by atoms with Crippen molar-refractivity contribution in [3.63, 3.8) is 0 Å². The number of nitrogens with zero attached hydrogens (tertiary/aromatic N) is 5. The molecule has 0 N–H and O–H groups in total.